The van der Waals surface area contributed by atoms with E-state index in [1.165, 1.54) is 11.0 Å². The molecular formula is C33H39N7O7S. The van der Waals surface area contributed by atoms with Gasteiger partial charge < -0.3 is 25.4 Å². The largest absolute Gasteiger partial charge is 0.470 e. The van der Waals surface area contributed by atoms with Crippen molar-refractivity contribution in [2.24, 2.45) is 11.3 Å². The number of benzene rings is 1. The van der Waals surface area contributed by atoms with Crippen LogP contribution in [0, 0.1) is 11.3 Å². The number of aromatic nitrogens is 3. The molecule has 254 valence electrons. The number of nitrogens with one attached hydrogen (secondary N) is 3. The van der Waals surface area contributed by atoms with Crippen molar-refractivity contribution in [2.45, 2.75) is 75.5 Å². The highest BCUT2D eigenvalue weighted by atomic mass is 32.2. The molecule has 3 amide bonds. The Labute approximate surface area is 278 Å². The van der Waals surface area contributed by atoms with Crippen molar-refractivity contribution in [3.8, 4) is 5.88 Å². The predicted octanol–water partition coefficient (Wildman–Crippen LogP) is 2.19. The average Bonchev–Trinajstić information content (AvgIpc) is 3.97. The van der Waals surface area contributed by atoms with Gasteiger partial charge in [0.2, 0.25) is 15.9 Å². The fourth-order valence-corrected chi connectivity index (χ4v) is 7.15. The summed E-state index contributed by atoms with van der Waals surface area (Å²) < 4.78 is 33.6. The normalized spacial score (nSPS) is 24.4. The van der Waals surface area contributed by atoms with Crippen molar-refractivity contribution in [2.75, 3.05) is 11.9 Å². The van der Waals surface area contributed by atoms with Gasteiger partial charge in [-0.2, -0.15) is 0 Å². The van der Waals surface area contributed by atoms with Gasteiger partial charge in [0.05, 0.1) is 22.8 Å². The van der Waals surface area contributed by atoms with Gasteiger partial charge >= 0.3 is 0 Å². The van der Waals surface area contributed by atoms with Crippen molar-refractivity contribution < 1.29 is 32.6 Å². The van der Waals surface area contributed by atoms with Gasteiger partial charge in [-0.25, -0.2) is 23.4 Å². The van der Waals surface area contributed by atoms with Crippen LogP contribution in [0.1, 0.15) is 46.5 Å². The van der Waals surface area contributed by atoms with Gasteiger partial charge in [0.25, 0.3) is 17.7 Å². The number of sulfonamides is 1. The Balaban J connectivity index is 1.28. The van der Waals surface area contributed by atoms with E-state index in [0.29, 0.717) is 29.7 Å². The Bertz CT molecular complexity index is 1860. The third-order valence-electron chi connectivity index (χ3n) is 8.88. The summed E-state index contributed by atoms with van der Waals surface area (Å²) in [5.74, 6) is -1.85. The molecule has 3 heterocycles. The summed E-state index contributed by atoms with van der Waals surface area (Å²) in [5, 5.41) is 16.2. The van der Waals surface area contributed by atoms with E-state index >= 15 is 0 Å². The smallest absolute Gasteiger partial charge is 0.259 e. The first-order valence-electron chi connectivity index (χ1n) is 15.8. The Morgan fingerprint density at radius 2 is 1.79 bits per heavy atom. The summed E-state index contributed by atoms with van der Waals surface area (Å²) in [6.45, 7) is 8.76. The van der Waals surface area contributed by atoms with E-state index in [0.717, 1.165) is 0 Å². The molecular weight excluding hydrogens is 638 g/mol. The van der Waals surface area contributed by atoms with Crippen LogP contribution in [0.4, 0.5) is 11.6 Å². The maximum atomic E-state index is 14.0. The molecule has 14 nitrogen and oxygen atoms in total. The SMILES string of the molecule is C=C[C@@H]1C[C@]1(NC(=O)[C@@H]1C[C@@H](Oc2nc3ccccc3nc2Nc2ccccn2)CN1C(=O)[C@@H](O)C(C)(C)C)C(=O)NS(=O)(=O)C1CC1. The fourth-order valence-electron chi connectivity index (χ4n) is 5.78. The summed E-state index contributed by atoms with van der Waals surface area (Å²) in [7, 11) is -3.88. The number of fused-ring (bicyclic) bond motifs is 1. The molecule has 1 aromatic carbocycles. The fraction of sp³-hybridized carbons (Fsp3) is 0.455. The van der Waals surface area contributed by atoms with E-state index in [-0.39, 0.29) is 31.1 Å². The van der Waals surface area contributed by atoms with E-state index in [4.69, 9.17) is 4.74 Å². The molecule has 0 bridgehead atoms. The van der Waals surface area contributed by atoms with Crippen LogP contribution in [0.5, 0.6) is 5.88 Å². The zero-order valence-corrected chi connectivity index (χ0v) is 27.7. The first kappa shape index (κ1) is 33.3. The van der Waals surface area contributed by atoms with Crippen molar-refractivity contribution in [3.05, 3.63) is 61.3 Å². The number of hydrogen-bond donors (Lipinski definition) is 4. The number of carbonyl (C=O) groups excluding carboxylic acids is 3. The van der Waals surface area contributed by atoms with Gasteiger partial charge in [0, 0.05) is 18.5 Å². The van der Waals surface area contributed by atoms with Crippen molar-refractivity contribution in [3.63, 3.8) is 0 Å². The van der Waals surface area contributed by atoms with Gasteiger partial charge in [0.15, 0.2) is 5.82 Å². The summed E-state index contributed by atoms with van der Waals surface area (Å²) in [5.41, 5.74) is -1.23. The molecule has 3 aromatic rings. The minimum atomic E-state index is -3.88. The summed E-state index contributed by atoms with van der Waals surface area (Å²) in [6, 6.07) is 11.4. The minimum Gasteiger partial charge on any atom is -0.470 e. The molecule has 15 heteroatoms. The molecule has 48 heavy (non-hydrogen) atoms. The van der Waals surface area contributed by atoms with Crippen LogP contribution in [0.3, 0.4) is 0 Å². The average molecular weight is 678 g/mol. The monoisotopic (exact) mass is 677 g/mol. The highest BCUT2D eigenvalue weighted by Crippen LogP contribution is 2.45. The topological polar surface area (TPSA) is 193 Å². The quantitative estimate of drug-likeness (QED) is 0.218. The molecule has 0 unspecified atom stereocenters. The molecule has 1 saturated heterocycles. The Morgan fingerprint density at radius 3 is 2.40 bits per heavy atom. The van der Waals surface area contributed by atoms with Crippen LogP contribution in [0.15, 0.2) is 61.3 Å². The Kier molecular flexibility index (Phi) is 8.62. The van der Waals surface area contributed by atoms with Crippen molar-refractivity contribution in [1.82, 2.24) is 29.9 Å². The summed E-state index contributed by atoms with van der Waals surface area (Å²) >= 11 is 0. The third kappa shape index (κ3) is 6.69. The van der Waals surface area contributed by atoms with Crippen molar-refractivity contribution in [1.29, 1.82) is 0 Å². The molecule has 2 aromatic heterocycles. The predicted molar refractivity (Wildman–Crippen MR) is 176 cm³/mol. The van der Waals surface area contributed by atoms with E-state index in [1.807, 2.05) is 12.1 Å². The number of hydrogen-bond acceptors (Lipinski definition) is 11. The zero-order chi connectivity index (χ0) is 34.4. The lowest BCUT2D eigenvalue weighted by atomic mass is 9.88. The van der Waals surface area contributed by atoms with Gasteiger partial charge in [-0.05, 0) is 48.9 Å². The van der Waals surface area contributed by atoms with E-state index in [2.05, 4.69) is 36.9 Å². The van der Waals surface area contributed by atoms with E-state index in [9.17, 15) is 27.9 Å². The number of amides is 3. The second kappa shape index (κ2) is 12.4. The summed E-state index contributed by atoms with van der Waals surface area (Å²) in [4.78, 5) is 55.9. The number of likely N-dealkylation sites (tertiary alicyclic amines) is 1. The number of rotatable bonds is 11. The maximum absolute atomic E-state index is 14.0. The van der Waals surface area contributed by atoms with Crippen LogP contribution in [-0.2, 0) is 24.4 Å². The van der Waals surface area contributed by atoms with Gasteiger partial charge in [0.1, 0.15) is 29.6 Å². The highest BCUT2D eigenvalue weighted by molar-refractivity contribution is 7.91. The zero-order valence-electron chi connectivity index (χ0n) is 26.9. The lowest BCUT2D eigenvalue weighted by Crippen LogP contribution is -2.57. The molecule has 3 fully saturated rings. The number of aliphatic hydroxyl groups excluding tert-OH is 1. The number of nitrogens with zero attached hydrogens (tertiary/aromatic N) is 4. The van der Waals surface area contributed by atoms with Gasteiger partial charge in [-0.15, -0.1) is 6.58 Å². The molecule has 2 saturated carbocycles. The molecule has 5 atom stereocenters. The minimum absolute atomic E-state index is 0.0111. The Morgan fingerprint density at radius 1 is 1.10 bits per heavy atom. The number of anilines is 2. The first-order valence-corrected chi connectivity index (χ1v) is 17.4. The van der Waals surface area contributed by atoms with Crippen molar-refractivity contribution >= 4 is 50.4 Å². The van der Waals surface area contributed by atoms with E-state index < -0.39 is 68.1 Å². The lowest BCUT2D eigenvalue weighted by Gasteiger charge is -2.32. The van der Waals surface area contributed by atoms with Crippen LogP contribution >= 0.6 is 0 Å². The molecule has 0 spiro atoms. The van der Waals surface area contributed by atoms with Crippen LogP contribution in [-0.4, -0.2) is 86.7 Å². The number of pyridine rings is 1. The molecule has 1 aliphatic heterocycles. The third-order valence-corrected chi connectivity index (χ3v) is 10.7. The second-order valence-corrected chi connectivity index (χ2v) is 15.6. The van der Waals surface area contributed by atoms with Gasteiger partial charge in [-0.1, -0.05) is 45.0 Å². The molecule has 0 radical (unpaired) electrons. The van der Waals surface area contributed by atoms with Gasteiger partial charge in [-0.3, -0.25) is 19.1 Å². The standard InChI is InChI=1S/C33H39N7O7S/c1-5-19-17-33(19,31(44)39-48(45,46)21-13-14-21)38-28(42)24-16-20(18-40(24)30(43)26(41)32(2,3)4)47-29-27(37-25-12-8-9-15-34-25)35-22-10-6-7-11-23(22)36-29/h5-12,15,19-21,24,26,41H,1,13-14,16-18H2,2-4H3,(H,38,42)(H,39,44)(H,34,35,37)/t19-,20-,24+,26-,33-/m1/s1. The van der Waals surface area contributed by atoms with Crippen LogP contribution in [0.2, 0.25) is 0 Å². The molecule has 2 aliphatic carbocycles. The number of para-hydroxylation sites is 2. The molecule has 6 rings (SSSR count). The summed E-state index contributed by atoms with van der Waals surface area (Å²) in [6.07, 6.45) is 1.95. The lowest BCUT2D eigenvalue weighted by molar-refractivity contribution is -0.150. The number of ether oxygens (including phenoxy) is 1. The Hall–Kier alpha value is -4.63. The maximum Gasteiger partial charge on any atom is 0.259 e. The van der Waals surface area contributed by atoms with Crippen LogP contribution in [0.25, 0.3) is 11.0 Å². The second-order valence-electron chi connectivity index (χ2n) is 13.6. The number of carbonyl (C=O) groups is 3. The van der Waals surface area contributed by atoms with E-state index in [1.54, 1.807) is 57.3 Å². The molecule has 4 N–H and O–H groups in total. The highest BCUT2D eigenvalue weighted by Gasteiger charge is 2.62. The number of aliphatic hydroxyl groups is 1. The first-order chi connectivity index (χ1) is 22.7. The van der Waals surface area contributed by atoms with Crippen LogP contribution < -0.4 is 20.1 Å². The molecule has 3 aliphatic rings.